The third-order valence-electron chi connectivity index (χ3n) is 5.20. The molecule has 1 amide bonds. The van der Waals surface area contributed by atoms with Crippen LogP contribution in [-0.2, 0) is 4.79 Å². The average molecular weight is 348 g/mol. The van der Waals surface area contributed by atoms with E-state index in [1.54, 1.807) is 4.90 Å². The highest BCUT2D eigenvalue weighted by molar-refractivity contribution is 5.97. The molecule has 5 nitrogen and oxygen atoms in total. The lowest BCUT2D eigenvalue weighted by atomic mass is 10.1. The van der Waals surface area contributed by atoms with Crippen LogP contribution in [0.4, 0.5) is 4.39 Å². The molecule has 0 radical (unpaired) electrons. The van der Waals surface area contributed by atoms with Crippen LogP contribution in [0.15, 0.2) is 24.3 Å². The van der Waals surface area contributed by atoms with Crippen LogP contribution in [0.3, 0.4) is 0 Å². The number of benzene rings is 1. The van der Waals surface area contributed by atoms with Crippen LogP contribution in [0.1, 0.15) is 42.5 Å². The van der Waals surface area contributed by atoms with Gasteiger partial charge in [0.2, 0.25) is 5.91 Å². The predicted octanol–water partition coefficient (Wildman–Crippen LogP) is 1.85. The Balaban J connectivity index is 1.50. The van der Waals surface area contributed by atoms with E-state index in [0.29, 0.717) is 18.7 Å². The lowest BCUT2D eigenvalue weighted by Crippen LogP contribution is -2.46. The van der Waals surface area contributed by atoms with Gasteiger partial charge in [0.05, 0.1) is 12.1 Å². The fraction of sp³-hybridized carbons (Fsp3) is 0.579. The van der Waals surface area contributed by atoms with Crippen molar-refractivity contribution in [2.75, 3.05) is 26.2 Å². The zero-order valence-corrected chi connectivity index (χ0v) is 14.4. The van der Waals surface area contributed by atoms with Gasteiger partial charge in [-0.3, -0.25) is 14.5 Å². The average Bonchev–Trinajstić information content (AvgIpc) is 3.02. The van der Waals surface area contributed by atoms with Crippen molar-refractivity contribution < 1.29 is 19.1 Å². The number of amides is 1. The molecule has 1 aromatic carbocycles. The molecule has 136 valence electrons. The van der Waals surface area contributed by atoms with Crippen molar-refractivity contribution in [3.05, 3.63) is 35.6 Å². The van der Waals surface area contributed by atoms with Gasteiger partial charge in [0, 0.05) is 31.5 Å². The maximum atomic E-state index is 12.9. The lowest BCUT2D eigenvalue weighted by molar-refractivity contribution is -0.130. The van der Waals surface area contributed by atoms with Crippen molar-refractivity contribution in [2.45, 2.75) is 44.2 Å². The minimum atomic E-state index is -0.519. The van der Waals surface area contributed by atoms with Gasteiger partial charge in [0.15, 0.2) is 5.78 Å². The third kappa shape index (κ3) is 4.44. The van der Waals surface area contributed by atoms with E-state index in [4.69, 9.17) is 0 Å². The summed E-state index contributed by atoms with van der Waals surface area (Å²) in [6.07, 6.45) is 3.22. The summed E-state index contributed by atoms with van der Waals surface area (Å²) in [4.78, 5) is 28.4. The lowest BCUT2D eigenvalue weighted by Gasteiger charge is -2.33. The van der Waals surface area contributed by atoms with E-state index in [9.17, 15) is 19.1 Å². The van der Waals surface area contributed by atoms with E-state index in [2.05, 4.69) is 4.90 Å². The molecule has 2 heterocycles. The van der Waals surface area contributed by atoms with Gasteiger partial charge in [-0.1, -0.05) is 6.42 Å². The van der Waals surface area contributed by atoms with E-state index in [1.807, 2.05) is 0 Å². The second-order valence-electron chi connectivity index (χ2n) is 6.96. The molecule has 2 aliphatic heterocycles. The molecule has 25 heavy (non-hydrogen) atoms. The summed E-state index contributed by atoms with van der Waals surface area (Å²) in [5.74, 6) is -0.655. The summed E-state index contributed by atoms with van der Waals surface area (Å²) in [6.45, 7) is 2.83. The smallest absolute Gasteiger partial charge is 0.223 e. The Bertz CT molecular complexity index is 614. The first-order valence-electron chi connectivity index (χ1n) is 9.03. The van der Waals surface area contributed by atoms with Crippen LogP contribution in [0.25, 0.3) is 0 Å². The van der Waals surface area contributed by atoms with Crippen molar-refractivity contribution in [1.29, 1.82) is 0 Å². The number of likely N-dealkylation sites (tertiary alicyclic amines) is 2. The number of hydrogen-bond donors (Lipinski definition) is 1. The molecule has 0 aliphatic carbocycles. The number of rotatable bonds is 5. The summed E-state index contributed by atoms with van der Waals surface area (Å²) < 4.78 is 12.9. The Kier molecular flexibility index (Phi) is 5.81. The van der Waals surface area contributed by atoms with Gasteiger partial charge in [-0.05, 0) is 50.2 Å². The van der Waals surface area contributed by atoms with E-state index in [1.165, 1.54) is 30.7 Å². The Labute approximate surface area is 147 Å². The highest BCUT2D eigenvalue weighted by atomic mass is 19.1. The maximum Gasteiger partial charge on any atom is 0.223 e. The number of Topliss-reactive ketones (excluding diaryl/α,β-unsaturated/α-hetero) is 1. The van der Waals surface area contributed by atoms with E-state index in [-0.39, 0.29) is 36.4 Å². The van der Waals surface area contributed by atoms with E-state index >= 15 is 0 Å². The number of ketones is 1. The van der Waals surface area contributed by atoms with Gasteiger partial charge in [0.25, 0.3) is 0 Å². The Morgan fingerprint density at radius 1 is 1.04 bits per heavy atom. The number of piperidine rings is 1. The van der Waals surface area contributed by atoms with Crippen LogP contribution < -0.4 is 0 Å². The zero-order chi connectivity index (χ0) is 17.8. The monoisotopic (exact) mass is 348 g/mol. The predicted molar refractivity (Wildman–Crippen MR) is 91.8 cm³/mol. The molecule has 1 N–H and O–H groups in total. The fourth-order valence-corrected chi connectivity index (χ4v) is 3.74. The van der Waals surface area contributed by atoms with Gasteiger partial charge in [-0.2, -0.15) is 0 Å². The minimum absolute atomic E-state index is 0.0112. The van der Waals surface area contributed by atoms with Crippen molar-refractivity contribution in [3.63, 3.8) is 0 Å². The van der Waals surface area contributed by atoms with Gasteiger partial charge >= 0.3 is 0 Å². The highest BCUT2D eigenvalue weighted by Gasteiger charge is 2.37. The molecule has 2 fully saturated rings. The Hall–Kier alpha value is -1.79. The molecule has 2 atom stereocenters. The quantitative estimate of drug-likeness (QED) is 0.825. The molecule has 0 saturated carbocycles. The summed E-state index contributed by atoms with van der Waals surface area (Å²) in [5.41, 5.74) is 0.418. The number of hydrogen-bond acceptors (Lipinski definition) is 4. The second-order valence-corrected chi connectivity index (χ2v) is 6.96. The molecule has 2 aliphatic rings. The van der Waals surface area contributed by atoms with E-state index in [0.717, 1.165) is 25.9 Å². The van der Waals surface area contributed by atoms with E-state index < -0.39 is 6.10 Å². The fourth-order valence-electron chi connectivity index (χ4n) is 3.74. The molecule has 3 rings (SSSR count). The molecule has 0 bridgehead atoms. The van der Waals surface area contributed by atoms with Crippen LogP contribution in [0, 0.1) is 5.82 Å². The number of halogens is 1. The number of nitrogens with zero attached hydrogens (tertiary/aromatic N) is 2. The number of β-amino-alcohol motifs (C(OH)–C–C–N with tert-alkyl or cyclic N) is 1. The minimum Gasteiger partial charge on any atom is -0.390 e. The Morgan fingerprint density at radius 3 is 2.40 bits per heavy atom. The number of carbonyl (C=O) groups is 2. The SMILES string of the molecule is O=C(CCC(=O)N1C[C@H](O)[C@@H](N2CCCCC2)C1)c1ccc(F)cc1. The molecule has 0 aromatic heterocycles. The highest BCUT2D eigenvalue weighted by Crippen LogP contribution is 2.21. The van der Waals surface area contributed by atoms with Crippen LogP contribution >= 0.6 is 0 Å². The summed E-state index contributed by atoms with van der Waals surface area (Å²) in [7, 11) is 0. The van der Waals surface area contributed by atoms with Crippen molar-refractivity contribution in [3.8, 4) is 0 Å². The van der Waals surface area contributed by atoms with Gasteiger partial charge in [-0.15, -0.1) is 0 Å². The normalized spacial score (nSPS) is 24.5. The van der Waals surface area contributed by atoms with Crippen LogP contribution in [0.5, 0.6) is 0 Å². The van der Waals surface area contributed by atoms with Crippen molar-refractivity contribution in [2.24, 2.45) is 0 Å². The number of aliphatic hydroxyl groups excluding tert-OH is 1. The van der Waals surface area contributed by atoms with Gasteiger partial charge in [-0.25, -0.2) is 4.39 Å². The van der Waals surface area contributed by atoms with Crippen LogP contribution in [-0.4, -0.2) is 64.9 Å². The zero-order valence-electron chi connectivity index (χ0n) is 14.4. The van der Waals surface area contributed by atoms with Gasteiger partial charge in [0.1, 0.15) is 5.82 Å². The standard InChI is InChI=1S/C19H25FN2O3/c20-15-6-4-14(5-7-15)17(23)8-9-19(25)22-12-16(18(24)13-22)21-10-2-1-3-11-21/h4-7,16,18,24H,1-3,8-13H2/t16-,18-/m0/s1. The van der Waals surface area contributed by atoms with Crippen LogP contribution in [0.2, 0.25) is 0 Å². The first-order valence-corrected chi connectivity index (χ1v) is 9.03. The second kappa shape index (κ2) is 8.06. The van der Waals surface area contributed by atoms with Crippen molar-refractivity contribution >= 4 is 11.7 Å². The molecular weight excluding hydrogens is 323 g/mol. The van der Waals surface area contributed by atoms with Gasteiger partial charge < -0.3 is 10.0 Å². The molecular formula is C19H25FN2O3. The first kappa shape index (κ1) is 18.0. The molecule has 0 unspecified atom stereocenters. The Morgan fingerprint density at radius 2 is 1.72 bits per heavy atom. The summed E-state index contributed by atoms with van der Waals surface area (Å²) in [5, 5.41) is 10.3. The molecule has 6 heteroatoms. The topological polar surface area (TPSA) is 60.9 Å². The largest absolute Gasteiger partial charge is 0.390 e. The molecule has 1 aromatic rings. The number of carbonyl (C=O) groups excluding carboxylic acids is 2. The molecule has 2 saturated heterocycles. The summed E-state index contributed by atoms with van der Waals surface area (Å²) >= 11 is 0. The third-order valence-corrected chi connectivity index (χ3v) is 5.20. The number of aliphatic hydroxyl groups is 1. The van der Waals surface area contributed by atoms with Crippen molar-refractivity contribution in [1.82, 2.24) is 9.80 Å². The molecule has 0 spiro atoms. The first-order chi connectivity index (χ1) is 12.0. The summed E-state index contributed by atoms with van der Waals surface area (Å²) in [6, 6.07) is 5.38. The maximum absolute atomic E-state index is 12.9.